The van der Waals surface area contributed by atoms with Crippen LogP contribution in [0.15, 0.2) is 34.8 Å². The van der Waals surface area contributed by atoms with E-state index in [2.05, 4.69) is 39.1 Å². The Kier molecular flexibility index (Phi) is 3.94. The Morgan fingerprint density at radius 2 is 2.04 bits per heavy atom. The molecule has 0 spiro atoms. The monoisotopic (exact) mass is 374 g/mol. The van der Waals surface area contributed by atoms with Crippen LogP contribution in [0, 0.1) is 0 Å². The smallest absolute Gasteiger partial charge is 0.221 e. The Morgan fingerprint density at radius 1 is 1.30 bits per heavy atom. The summed E-state index contributed by atoms with van der Waals surface area (Å²) in [7, 11) is 1.71. The fourth-order valence-corrected chi connectivity index (χ4v) is 3.40. The van der Waals surface area contributed by atoms with Crippen LogP contribution in [0.25, 0.3) is 21.8 Å². The fourth-order valence-electron chi connectivity index (χ4n) is 2.85. The van der Waals surface area contributed by atoms with Gasteiger partial charge in [0.25, 0.3) is 0 Å². The largest absolute Gasteiger partial charge is 0.374 e. The highest BCUT2D eigenvalue weighted by Gasteiger charge is 2.21. The molecule has 0 aliphatic carbocycles. The number of carbonyl (C=O) groups is 1. The van der Waals surface area contributed by atoms with E-state index in [-0.39, 0.29) is 17.9 Å². The second kappa shape index (κ2) is 5.65. The maximum absolute atomic E-state index is 11.3. The van der Waals surface area contributed by atoms with E-state index in [1.807, 2.05) is 26.0 Å². The second-order valence-corrected chi connectivity index (χ2v) is 7.05. The summed E-state index contributed by atoms with van der Waals surface area (Å²) >= 11 is 3.61. The van der Waals surface area contributed by atoms with Gasteiger partial charge in [-0.3, -0.25) is 4.79 Å². The molecule has 1 aromatic heterocycles. The number of nitrogens with one attached hydrogen (secondary N) is 1. The topological polar surface area (TPSA) is 68.1 Å². The van der Waals surface area contributed by atoms with E-state index in [9.17, 15) is 4.79 Å². The van der Waals surface area contributed by atoms with Crippen LogP contribution >= 0.6 is 15.9 Å². The first-order chi connectivity index (χ1) is 10.8. The molecule has 3 rings (SSSR count). The maximum atomic E-state index is 11.3. The maximum Gasteiger partial charge on any atom is 0.221 e. The molecule has 3 N–H and O–H groups in total. The van der Waals surface area contributed by atoms with Crippen molar-refractivity contribution in [2.75, 3.05) is 7.11 Å². The van der Waals surface area contributed by atoms with Crippen molar-refractivity contribution in [1.29, 1.82) is 0 Å². The fraction of sp³-hybridized carbons (Fsp3) is 0.278. The predicted octanol–water partition coefficient (Wildman–Crippen LogP) is 3.99. The predicted molar refractivity (Wildman–Crippen MR) is 96.4 cm³/mol. The van der Waals surface area contributed by atoms with Gasteiger partial charge in [0.2, 0.25) is 5.91 Å². The third-order valence-corrected chi connectivity index (χ3v) is 5.02. The molecule has 0 radical (unpaired) electrons. The number of H-pyrrole nitrogens is 1. The minimum atomic E-state index is -0.362. The summed E-state index contributed by atoms with van der Waals surface area (Å²) in [6, 6.07) is 10.1. The normalized spacial score (nSPS) is 12.2. The average molecular weight is 375 g/mol. The van der Waals surface area contributed by atoms with Crippen LogP contribution < -0.4 is 5.73 Å². The van der Waals surface area contributed by atoms with Gasteiger partial charge >= 0.3 is 0 Å². The Balaban J connectivity index is 2.29. The van der Waals surface area contributed by atoms with E-state index in [0.29, 0.717) is 0 Å². The average Bonchev–Trinajstić information content (AvgIpc) is 2.89. The van der Waals surface area contributed by atoms with E-state index in [1.165, 1.54) is 0 Å². The SMILES string of the molecule is COC(C)(C)c1ccc2c(c1)[nH]c1c(CC(N)=O)ccc(Br)c12. The number of methoxy groups -OCH3 is 1. The lowest BCUT2D eigenvalue weighted by atomic mass is 9.96. The zero-order valence-electron chi connectivity index (χ0n) is 13.4. The highest BCUT2D eigenvalue weighted by atomic mass is 79.9. The van der Waals surface area contributed by atoms with Gasteiger partial charge in [0.1, 0.15) is 0 Å². The van der Waals surface area contributed by atoms with Gasteiger partial charge in [-0.2, -0.15) is 0 Å². The molecular weight excluding hydrogens is 356 g/mol. The van der Waals surface area contributed by atoms with Crippen molar-refractivity contribution in [3.63, 3.8) is 0 Å². The number of nitrogens with two attached hydrogens (primary N) is 1. The molecule has 2 aromatic carbocycles. The molecule has 4 nitrogen and oxygen atoms in total. The number of carbonyl (C=O) groups excluding carboxylic acids is 1. The van der Waals surface area contributed by atoms with Gasteiger partial charge in [0.05, 0.1) is 17.5 Å². The molecule has 0 bridgehead atoms. The van der Waals surface area contributed by atoms with Crippen molar-refractivity contribution in [2.45, 2.75) is 25.9 Å². The minimum Gasteiger partial charge on any atom is -0.374 e. The molecule has 0 unspecified atom stereocenters. The highest BCUT2D eigenvalue weighted by molar-refractivity contribution is 9.10. The van der Waals surface area contributed by atoms with Crippen molar-refractivity contribution in [2.24, 2.45) is 5.73 Å². The molecule has 0 aliphatic heterocycles. The Hall–Kier alpha value is -1.85. The van der Waals surface area contributed by atoms with Crippen LogP contribution in [-0.2, 0) is 21.6 Å². The number of benzene rings is 2. The first-order valence-corrected chi connectivity index (χ1v) is 8.19. The number of hydrogen-bond donors (Lipinski definition) is 2. The van der Waals surface area contributed by atoms with E-state index < -0.39 is 0 Å². The molecule has 0 saturated heterocycles. The third kappa shape index (κ3) is 2.75. The first kappa shape index (κ1) is 16.0. The molecule has 5 heteroatoms. The molecule has 0 fully saturated rings. The number of fused-ring (bicyclic) bond motifs is 3. The van der Waals surface area contributed by atoms with Crippen LogP contribution in [0.5, 0.6) is 0 Å². The van der Waals surface area contributed by atoms with Gasteiger partial charge in [-0.15, -0.1) is 0 Å². The Bertz CT molecular complexity index is 912. The second-order valence-electron chi connectivity index (χ2n) is 6.20. The number of hydrogen-bond acceptors (Lipinski definition) is 2. The third-order valence-electron chi connectivity index (χ3n) is 4.36. The van der Waals surface area contributed by atoms with Crippen LogP contribution in [0.3, 0.4) is 0 Å². The summed E-state index contributed by atoms with van der Waals surface area (Å²) in [5, 5.41) is 2.18. The van der Waals surface area contributed by atoms with Crippen molar-refractivity contribution in [3.05, 3.63) is 45.9 Å². The molecule has 3 aromatic rings. The van der Waals surface area contributed by atoms with E-state index in [1.54, 1.807) is 7.11 Å². The van der Waals surface area contributed by atoms with Gasteiger partial charge in [0.15, 0.2) is 0 Å². The molecule has 1 amide bonds. The summed E-state index contributed by atoms with van der Waals surface area (Å²) in [5.41, 5.74) is 8.95. The lowest BCUT2D eigenvalue weighted by Gasteiger charge is -2.23. The number of amides is 1. The van der Waals surface area contributed by atoms with Crippen LogP contribution in [0.1, 0.15) is 25.0 Å². The van der Waals surface area contributed by atoms with Crippen molar-refractivity contribution < 1.29 is 9.53 Å². The zero-order chi connectivity index (χ0) is 16.8. The molecule has 23 heavy (non-hydrogen) atoms. The molecule has 0 saturated carbocycles. The quantitative estimate of drug-likeness (QED) is 0.724. The minimum absolute atomic E-state index is 0.215. The van der Waals surface area contributed by atoms with Crippen LogP contribution in [-0.4, -0.2) is 18.0 Å². The summed E-state index contributed by atoms with van der Waals surface area (Å²) in [5.74, 6) is -0.339. The van der Waals surface area contributed by atoms with E-state index in [4.69, 9.17) is 10.5 Å². The van der Waals surface area contributed by atoms with E-state index >= 15 is 0 Å². The Labute approximate surface area is 143 Å². The van der Waals surface area contributed by atoms with Crippen molar-refractivity contribution >= 4 is 43.6 Å². The number of primary amides is 1. The molecule has 0 aliphatic rings. The molecule has 0 atom stereocenters. The van der Waals surface area contributed by atoms with Crippen LogP contribution in [0.2, 0.25) is 0 Å². The molecular formula is C18H19BrN2O2. The molecule has 1 heterocycles. The first-order valence-electron chi connectivity index (χ1n) is 7.40. The van der Waals surface area contributed by atoms with Crippen LogP contribution in [0.4, 0.5) is 0 Å². The van der Waals surface area contributed by atoms with Gasteiger partial charge < -0.3 is 15.5 Å². The number of rotatable bonds is 4. The van der Waals surface area contributed by atoms with Crippen molar-refractivity contribution in [1.82, 2.24) is 4.98 Å². The van der Waals surface area contributed by atoms with Gasteiger partial charge in [-0.25, -0.2) is 0 Å². The van der Waals surface area contributed by atoms with E-state index in [0.717, 1.165) is 37.4 Å². The van der Waals surface area contributed by atoms with Gasteiger partial charge in [0, 0.05) is 27.9 Å². The molecule has 120 valence electrons. The number of ether oxygens (including phenoxy) is 1. The number of aromatic amines is 1. The lowest BCUT2D eigenvalue weighted by Crippen LogP contribution is -2.19. The summed E-state index contributed by atoms with van der Waals surface area (Å²) in [4.78, 5) is 14.8. The standard InChI is InChI=1S/C18H19BrN2O2/c1-18(2,23-3)11-5-6-12-14(9-11)21-17-10(8-15(20)22)4-7-13(19)16(12)17/h4-7,9,21H,8H2,1-3H3,(H2,20,22). The number of halogens is 1. The van der Waals surface area contributed by atoms with Crippen molar-refractivity contribution in [3.8, 4) is 0 Å². The summed E-state index contributed by atoms with van der Waals surface area (Å²) in [6.45, 7) is 4.07. The Morgan fingerprint density at radius 3 is 2.70 bits per heavy atom. The number of aromatic nitrogens is 1. The summed E-state index contributed by atoms with van der Waals surface area (Å²) < 4.78 is 6.55. The highest BCUT2D eigenvalue weighted by Crippen LogP contribution is 2.36. The zero-order valence-corrected chi connectivity index (χ0v) is 15.0. The lowest BCUT2D eigenvalue weighted by molar-refractivity contribution is -0.117. The van der Waals surface area contributed by atoms with Gasteiger partial charge in [-0.05, 0) is 37.1 Å². The van der Waals surface area contributed by atoms with Gasteiger partial charge in [-0.1, -0.05) is 34.1 Å². The summed E-state index contributed by atoms with van der Waals surface area (Å²) in [6.07, 6.45) is 0.215.